The first-order valence-electron chi connectivity index (χ1n) is 6.59. The highest BCUT2D eigenvalue weighted by atomic mass is 32.2. The van der Waals surface area contributed by atoms with Gasteiger partial charge in [-0.25, -0.2) is 8.42 Å². The number of amides is 1. The molecule has 1 aliphatic rings. The van der Waals surface area contributed by atoms with Crippen LogP contribution in [-0.4, -0.2) is 51.7 Å². The first-order chi connectivity index (χ1) is 9.30. The van der Waals surface area contributed by atoms with Crippen molar-refractivity contribution in [1.82, 2.24) is 10.2 Å². The third-order valence-corrected chi connectivity index (χ3v) is 4.98. The van der Waals surface area contributed by atoms with Crippen LogP contribution >= 0.6 is 0 Å². The van der Waals surface area contributed by atoms with Gasteiger partial charge < -0.3 is 10.2 Å². The second-order valence-electron chi connectivity index (χ2n) is 5.32. The molecule has 20 heavy (non-hydrogen) atoms. The van der Waals surface area contributed by atoms with Crippen molar-refractivity contribution in [3.63, 3.8) is 0 Å². The largest absolute Gasteiger partial charge is 0.337 e. The van der Waals surface area contributed by atoms with Crippen molar-refractivity contribution in [2.75, 3.05) is 26.4 Å². The molecule has 6 heteroatoms. The number of sulfone groups is 1. The van der Waals surface area contributed by atoms with Crippen LogP contribution in [0.3, 0.4) is 0 Å². The van der Waals surface area contributed by atoms with Crippen molar-refractivity contribution in [1.29, 1.82) is 0 Å². The van der Waals surface area contributed by atoms with E-state index >= 15 is 0 Å². The third-order valence-electron chi connectivity index (χ3n) is 3.74. The summed E-state index contributed by atoms with van der Waals surface area (Å²) in [6, 6.07) is 5.02. The zero-order valence-corrected chi connectivity index (χ0v) is 12.8. The Bertz CT molecular complexity index is 619. The molecule has 0 unspecified atom stereocenters. The summed E-state index contributed by atoms with van der Waals surface area (Å²) < 4.78 is 23.4. The Morgan fingerprint density at radius 3 is 2.65 bits per heavy atom. The van der Waals surface area contributed by atoms with Gasteiger partial charge in [0, 0.05) is 31.5 Å². The molecule has 1 N–H and O–H groups in total. The van der Waals surface area contributed by atoms with Gasteiger partial charge in [0.05, 0.1) is 4.90 Å². The van der Waals surface area contributed by atoms with E-state index in [4.69, 9.17) is 0 Å². The van der Waals surface area contributed by atoms with E-state index in [0.717, 1.165) is 25.8 Å². The molecule has 0 bridgehead atoms. The maximum atomic E-state index is 12.4. The van der Waals surface area contributed by atoms with Crippen molar-refractivity contribution in [3.8, 4) is 0 Å². The van der Waals surface area contributed by atoms with E-state index in [1.165, 1.54) is 6.07 Å². The average molecular weight is 296 g/mol. The lowest BCUT2D eigenvalue weighted by atomic mass is 10.1. The van der Waals surface area contributed by atoms with E-state index in [1.54, 1.807) is 31.0 Å². The summed E-state index contributed by atoms with van der Waals surface area (Å²) in [5, 5.41) is 3.21. The van der Waals surface area contributed by atoms with Crippen molar-refractivity contribution >= 4 is 15.7 Å². The monoisotopic (exact) mass is 296 g/mol. The normalized spacial score (nSPS) is 19.1. The fourth-order valence-corrected chi connectivity index (χ4v) is 3.47. The highest BCUT2D eigenvalue weighted by Gasteiger charge is 2.25. The highest BCUT2D eigenvalue weighted by Crippen LogP contribution is 2.19. The van der Waals surface area contributed by atoms with E-state index in [9.17, 15) is 13.2 Å². The Labute approximate surface area is 119 Å². The first-order valence-corrected chi connectivity index (χ1v) is 8.48. The van der Waals surface area contributed by atoms with E-state index in [-0.39, 0.29) is 16.8 Å². The molecule has 1 heterocycles. The smallest absolute Gasteiger partial charge is 0.253 e. The van der Waals surface area contributed by atoms with Crippen LogP contribution in [0, 0.1) is 6.92 Å². The molecule has 110 valence electrons. The van der Waals surface area contributed by atoms with Crippen LogP contribution < -0.4 is 5.32 Å². The van der Waals surface area contributed by atoms with Crippen molar-refractivity contribution in [3.05, 3.63) is 29.3 Å². The fraction of sp³-hybridized carbons (Fsp3) is 0.500. The molecule has 1 amide bonds. The lowest BCUT2D eigenvalue weighted by Gasteiger charge is -2.24. The maximum absolute atomic E-state index is 12.4. The highest BCUT2D eigenvalue weighted by molar-refractivity contribution is 7.90. The topological polar surface area (TPSA) is 66.5 Å². The molecule has 1 aliphatic heterocycles. The van der Waals surface area contributed by atoms with Crippen LogP contribution in [0.1, 0.15) is 22.3 Å². The predicted octanol–water partition coefficient (Wildman–Crippen LogP) is 0.832. The zero-order chi connectivity index (χ0) is 14.9. The van der Waals surface area contributed by atoms with Crippen LogP contribution in [0.2, 0.25) is 0 Å². The molecule has 0 aromatic heterocycles. The van der Waals surface area contributed by atoms with Crippen LogP contribution in [0.4, 0.5) is 0 Å². The Hall–Kier alpha value is -1.40. The number of nitrogens with zero attached hydrogens (tertiary/aromatic N) is 1. The maximum Gasteiger partial charge on any atom is 0.253 e. The molecule has 0 spiro atoms. The van der Waals surface area contributed by atoms with Gasteiger partial charge in [-0.1, -0.05) is 6.07 Å². The standard InChI is InChI=1S/C14H20N2O3S/c1-10-4-5-11(8-13(10)20(3,18)19)14(17)16(2)12-6-7-15-9-12/h4-5,8,12,15H,6-7,9H2,1-3H3/t12-/m0/s1. The lowest BCUT2D eigenvalue weighted by molar-refractivity contribution is 0.0743. The van der Waals surface area contributed by atoms with Crippen LogP contribution in [0.15, 0.2) is 23.1 Å². The number of hydrogen-bond acceptors (Lipinski definition) is 4. The van der Waals surface area contributed by atoms with Gasteiger partial charge in [0.2, 0.25) is 0 Å². The summed E-state index contributed by atoms with van der Waals surface area (Å²) in [6.45, 7) is 3.42. The molecule has 0 aliphatic carbocycles. The lowest BCUT2D eigenvalue weighted by Crippen LogP contribution is -2.38. The summed E-state index contributed by atoms with van der Waals surface area (Å²) in [4.78, 5) is 14.3. The van der Waals surface area contributed by atoms with Gasteiger partial charge in [0.1, 0.15) is 0 Å². The van der Waals surface area contributed by atoms with Gasteiger partial charge in [0.15, 0.2) is 9.84 Å². The van der Waals surface area contributed by atoms with E-state index < -0.39 is 9.84 Å². The predicted molar refractivity (Wildman–Crippen MR) is 77.7 cm³/mol. The first kappa shape index (κ1) is 15.0. The second-order valence-corrected chi connectivity index (χ2v) is 7.30. The second kappa shape index (κ2) is 5.54. The number of aryl methyl sites for hydroxylation is 1. The van der Waals surface area contributed by atoms with Gasteiger partial charge in [-0.15, -0.1) is 0 Å². The van der Waals surface area contributed by atoms with Gasteiger partial charge >= 0.3 is 0 Å². The molecule has 1 atom stereocenters. The summed E-state index contributed by atoms with van der Waals surface area (Å²) in [5.41, 5.74) is 1.08. The summed E-state index contributed by atoms with van der Waals surface area (Å²) >= 11 is 0. The van der Waals surface area contributed by atoms with Gasteiger partial charge in [-0.05, 0) is 37.6 Å². The number of hydrogen-bond donors (Lipinski definition) is 1. The van der Waals surface area contributed by atoms with Crippen molar-refractivity contribution in [2.24, 2.45) is 0 Å². The minimum absolute atomic E-state index is 0.136. The molecular weight excluding hydrogens is 276 g/mol. The van der Waals surface area contributed by atoms with Gasteiger partial charge in [-0.3, -0.25) is 4.79 Å². The Morgan fingerprint density at radius 1 is 1.40 bits per heavy atom. The fourth-order valence-electron chi connectivity index (χ4n) is 2.47. The number of carbonyl (C=O) groups excluding carboxylic acids is 1. The Morgan fingerprint density at radius 2 is 2.10 bits per heavy atom. The Kier molecular flexibility index (Phi) is 4.15. The molecule has 0 saturated carbocycles. The summed E-state index contributed by atoms with van der Waals surface area (Å²) in [7, 11) is -1.55. The molecule has 2 rings (SSSR count). The van der Waals surface area contributed by atoms with Gasteiger partial charge in [-0.2, -0.15) is 0 Å². The minimum atomic E-state index is -3.32. The molecule has 1 aromatic rings. The molecule has 5 nitrogen and oxygen atoms in total. The van der Waals surface area contributed by atoms with Gasteiger partial charge in [0.25, 0.3) is 5.91 Å². The number of carbonyl (C=O) groups is 1. The van der Waals surface area contributed by atoms with Crippen molar-refractivity contribution in [2.45, 2.75) is 24.3 Å². The molecule has 0 radical (unpaired) electrons. The molecule has 1 fully saturated rings. The Balaban J connectivity index is 2.31. The van der Waals surface area contributed by atoms with Crippen LogP contribution in [0.5, 0.6) is 0 Å². The van der Waals surface area contributed by atoms with Crippen LogP contribution in [-0.2, 0) is 9.84 Å². The SMILES string of the molecule is Cc1ccc(C(=O)N(C)[C@H]2CCNC2)cc1S(C)(=O)=O. The molecular formula is C14H20N2O3S. The summed E-state index contributed by atoms with van der Waals surface area (Å²) in [6.07, 6.45) is 2.08. The molecule has 1 saturated heterocycles. The number of nitrogens with one attached hydrogen (secondary N) is 1. The van der Waals surface area contributed by atoms with Crippen molar-refractivity contribution < 1.29 is 13.2 Å². The number of benzene rings is 1. The van der Waals surface area contributed by atoms with E-state index in [0.29, 0.717) is 11.1 Å². The van der Waals surface area contributed by atoms with E-state index in [1.807, 2.05) is 0 Å². The minimum Gasteiger partial charge on any atom is -0.337 e. The third kappa shape index (κ3) is 3.02. The summed E-state index contributed by atoms with van der Waals surface area (Å²) in [5.74, 6) is -0.136. The quantitative estimate of drug-likeness (QED) is 0.897. The van der Waals surface area contributed by atoms with E-state index in [2.05, 4.69) is 5.32 Å². The molecule has 1 aromatic carbocycles. The zero-order valence-electron chi connectivity index (χ0n) is 12.0. The number of likely N-dealkylation sites (N-methyl/N-ethyl adjacent to an activating group) is 1. The average Bonchev–Trinajstić information content (AvgIpc) is 2.90. The number of rotatable bonds is 3. The van der Waals surface area contributed by atoms with Crippen LogP contribution in [0.25, 0.3) is 0 Å².